The molecule has 0 radical (unpaired) electrons. The third-order valence-electron chi connectivity index (χ3n) is 2.30. The van der Waals surface area contributed by atoms with Crippen LogP contribution in [0.25, 0.3) is 0 Å². The van der Waals surface area contributed by atoms with Gasteiger partial charge < -0.3 is 9.67 Å². The second kappa shape index (κ2) is 4.63. The zero-order valence-electron chi connectivity index (χ0n) is 8.35. The van der Waals surface area contributed by atoms with Crippen molar-refractivity contribution in [3.05, 3.63) is 53.3 Å². The second-order valence-electron chi connectivity index (χ2n) is 3.39. The molecule has 1 aromatic carbocycles. The summed E-state index contributed by atoms with van der Waals surface area (Å²) < 4.78 is 14.9. The fraction of sp³-hybridized carbons (Fsp3) is 0.182. The molecule has 0 amide bonds. The molecule has 5 heteroatoms. The maximum absolute atomic E-state index is 13.4. The van der Waals surface area contributed by atoms with E-state index >= 15 is 0 Å². The van der Waals surface area contributed by atoms with E-state index in [0.717, 1.165) is 0 Å². The summed E-state index contributed by atoms with van der Waals surface area (Å²) in [7, 11) is 0. The van der Waals surface area contributed by atoms with Gasteiger partial charge in [-0.1, -0.05) is 18.2 Å². The molecular weight excluding hydrogens is 231 g/mol. The zero-order chi connectivity index (χ0) is 11.5. The molecule has 0 aliphatic rings. The monoisotopic (exact) mass is 240 g/mol. The van der Waals surface area contributed by atoms with E-state index in [9.17, 15) is 9.50 Å². The lowest BCUT2D eigenvalue weighted by atomic mass is 10.1. The second-order valence-corrected chi connectivity index (χ2v) is 3.72. The van der Waals surface area contributed by atoms with Crippen LogP contribution in [-0.4, -0.2) is 14.7 Å². The van der Waals surface area contributed by atoms with Gasteiger partial charge in [0.1, 0.15) is 5.82 Å². The molecule has 0 aliphatic carbocycles. The van der Waals surface area contributed by atoms with E-state index in [1.54, 1.807) is 29.0 Å². The first-order valence-corrected chi connectivity index (χ1v) is 5.15. The van der Waals surface area contributed by atoms with Crippen molar-refractivity contribution < 1.29 is 9.50 Å². The maximum Gasteiger partial charge on any atom is 0.202 e. The lowest BCUT2D eigenvalue weighted by Gasteiger charge is -2.12. The predicted molar refractivity (Wildman–Crippen MR) is 58.6 cm³/mol. The Bertz CT molecular complexity index is 486. The number of aliphatic hydroxyl groups is 1. The molecule has 1 unspecified atom stereocenters. The normalized spacial score (nSPS) is 12.7. The van der Waals surface area contributed by atoms with E-state index in [4.69, 9.17) is 11.6 Å². The van der Waals surface area contributed by atoms with Gasteiger partial charge in [-0.3, -0.25) is 0 Å². The quantitative estimate of drug-likeness (QED) is 0.895. The summed E-state index contributed by atoms with van der Waals surface area (Å²) in [4.78, 5) is 3.81. The Labute approximate surface area is 97.1 Å². The largest absolute Gasteiger partial charge is 0.386 e. The minimum atomic E-state index is -0.937. The summed E-state index contributed by atoms with van der Waals surface area (Å²) in [5, 5.41) is 10.1. The summed E-state index contributed by atoms with van der Waals surface area (Å²) in [6.07, 6.45) is 2.22. The molecule has 84 valence electrons. The number of nitrogens with zero attached hydrogens (tertiary/aromatic N) is 2. The van der Waals surface area contributed by atoms with Crippen LogP contribution in [0.4, 0.5) is 4.39 Å². The van der Waals surface area contributed by atoms with Gasteiger partial charge in [-0.25, -0.2) is 9.37 Å². The third kappa shape index (κ3) is 2.23. The Kier molecular flexibility index (Phi) is 3.22. The van der Waals surface area contributed by atoms with Crippen LogP contribution in [-0.2, 0) is 6.54 Å². The van der Waals surface area contributed by atoms with Crippen molar-refractivity contribution in [1.82, 2.24) is 9.55 Å². The zero-order valence-corrected chi connectivity index (χ0v) is 9.10. The van der Waals surface area contributed by atoms with E-state index in [2.05, 4.69) is 4.98 Å². The number of aromatic nitrogens is 2. The Balaban J connectivity index is 2.18. The highest BCUT2D eigenvalue weighted by Gasteiger charge is 2.13. The SMILES string of the molecule is OC(Cn1ccnc1Cl)c1ccccc1F. The van der Waals surface area contributed by atoms with Crippen LogP contribution in [0.2, 0.25) is 5.28 Å². The summed E-state index contributed by atoms with van der Waals surface area (Å²) in [6, 6.07) is 6.12. The topological polar surface area (TPSA) is 38.0 Å². The molecule has 1 N–H and O–H groups in total. The predicted octanol–water partition coefficient (Wildman–Crippen LogP) is 2.41. The van der Waals surface area contributed by atoms with Gasteiger partial charge in [0.15, 0.2) is 0 Å². The molecule has 2 aromatic rings. The van der Waals surface area contributed by atoms with Gasteiger partial charge in [0.25, 0.3) is 0 Å². The summed E-state index contributed by atoms with van der Waals surface area (Å²) in [5.41, 5.74) is 0.257. The van der Waals surface area contributed by atoms with Gasteiger partial charge in [0.2, 0.25) is 5.28 Å². The Morgan fingerprint density at radius 3 is 2.81 bits per heavy atom. The van der Waals surface area contributed by atoms with Crippen molar-refractivity contribution in [2.24, 2.45) is 0 Å². The molecule has 3 nitrogen and oxygen atoms in total. The Morgan fingerprint density at radius 1 is 1.44 bits per heavy atom. The van der Waals surface area contributed by atoms with Crippen LogP contribution >= 0.6 is 11.6 Å². The third-order valence-corrected chi connectivity index (χ3v) is 2.61. The molecule has 0 spiro atoms. The molecule has 16 heavy (non-hydrogen) atoms. The standard InChI is InChI=1S/C11H10ClFN2O/c12-11-14-5-6-15(11)7-10(16)8-3-1-2-4-9(8)13/h1-6,10,16H,7H2. The van der Waals surface area contributed by atoms with Crippen molar-refractivity contribution in [2.45, 2.75) is 12.6 Å². The number of aliphatic hydroxyl groups excluding tert-OH is 1. The smallest absolute Gasteiger partial charge is 0.202 e. The van der Waals surface area contributed by atoms with E-state index in [1.807, 2.05) is 0 Å². The Morgan fingerprint density at radius 2 is 2.19 bits per heavy atom. The van der Waals surface area contributed by atoms with Crippen LogP contribution in [0.15, 0.2) is 36.7 Å². The lowest BCUT2D eigenvalue weighted by molar-refractivity contribution is 0.152. The number of benzene rings is 1. The number of hydrogen-bond donors (Lipinski definition) is 1. The average Bonchev–Trinajstić information content (AvgIpc) is 2.65. The average molecular weight is 241 g/mol. The van der Waals surface area contributed by atoms with Gasteiger partial charge in [0, 0.05) is 18.0 Å². The first kappa shape index (κ1) is 11.1. The van der Waals surface area contributed by atoms with Crippen molar-refractivity contribution in [1.29, 1.82) is 0 Å². The minimum Gasteiger partial charge on any atom is -0.386 e. The van der Waals surface area contributed by atoms with E-state index < -0.39 is 11.9 Å². The summed E-state index contributed by atoms with van der Waals surface area (Å²) in [6.45, 7) is 0.180. The van der Waals surface area contributed by atoms with E-state index in [-0.39, 0.29) is 17.4 Å². The molecular formula is C11H10ClFN2O. The number of imidazole rings is 1. The van der Waals surface area contributed by atoms with E-state index in [0.29, 0.717) is 0 Å². The molecule has 0 aliphatic heterocycles. The van der Waals surface area contributed by atoms with Crippen LogP contribution in [0, 0.1) is 5.82 Å². The van der Waals surface area contributed by atoms with Crippen molar-refractivity contribution in [3.8, 4) is 0 Å². The molecule has 2 rings (SSSR count). The molecule has 0 saturated heterocycles. The lowest BCUT2D eigenvalue weighted by Crippen LogP contribution is -2.09. The fourth-order valence-electron chi connectivity index (χ4n) is 1.48. The highest BCUT2D eigenvalue weighted by Crippen LogP contribution is 2.19. The van der Waals surface area contributed by atoms with Gasteiger partial charge in [-0.05, 0) is 17.7 Å². The fourth-order valence-corrected chi connectivity index (χ4v) is 1.66. The van der Waals surface area contributed by atoms with Crippen molar-refractivity contribution in [3.63, 3.8) is 0 Å². The number of hydrogen-bond acceptors (Lipinski definition) is 2. The van der Waals surface area contributed by atoms with Crippen LogP contribution in [0.1, 0.15) is 11.7 Å². The maximum atomic E-state index is 13.4. The van der Waals surface area contributed by atoms with E-state index in [1.165, 1.54) is 12.3 Å². The van der Waals surface area contributed by atoms with Crippen LogP contribution in [0.5, 0.6) is 0 Å². The highest BCUT2D eigenvalue weighted by molar-refractivity contribution is 6.28. The molecule has 0 saturated carbocycles. The first-order chi connectivity index (χ1) is 7.68. The minimum absolute atomic E-state index is 0.180. The highest BCUT2D eigenvalue weighted by atomic mass is 35.5. The van der Waals surface area contributed by atoms with Crippen molar-refractivity contribution in [2.75, 3.05) is 0 Å². The molecule has 1 heterocycles. The van der Waals surface area contributed by atoms with Crippen LogP contribution < -0.4 is 0 Å². The molecule has 1 aromatic heterocycles. The number of rotatable bonds is 3. The molecule has 1 atom stereocenters. The van der Waals surface area contributed by atoms with Gasteiger partial charge >= 0.3 is 0 Å². The number of halogens is 2. The van der Waals surface area contributed by atoms with Crippen LogP contribution in [0.3, 0.4) is 0 Å². The van der Waals surface area contributed by atoms with Crippen molar-refractivity contribution >= 4 is 11.6 Å². The Hall–Kier alpha value is -1.39. The van der Waals surface area contributed by atoms with Gasteiger partial charge in [-0.15, -0.1) is 0 Å². The summed E-state index contributed by atoms with van der Waals surface area (Å²) in [5.74, 6) is -0.425. The van der Waals surface area contributed by atoms with Gasteiger partial charge in [-0.2, -0.15) is 0 Å². The molecule has 0 bridgehead atoms. The summed E-state index contributed by atoms with van der Waals surface area (Å²) >= 11 is 5.76. The van der Waals surface area contributed by atoms with Gasteiger partial charge in [0.05, 0.1) is 12.6 Å². The first-order valence-electron chi connectivity index (χ1n) is 4.77. The molecule has 0 fully saturated rings.